The van der Waals surface area contributed by atoms with Crippen molar-refractivity contribution in [3.8, 4) is 0 Å². The summed E-state index contributed by atoms with van der Waals surface area (Å²) in [5.41, 5.74) is 0. The van der Waals surface area contributed by atoms with Gasteiger partial charge in [0.05, 0.1) is 13.2 Å². The van der Waals surface area contributed by atoms with Crippen molar-refractivity contribution in [2.75, 3.05) is 13.2 Å². The average Bonchev–Trinajstić information content (AvgIpc) is 2.45. The zero-order chi connectivity index (χ0) is 14.9. The molecule has 0 aromatic heterocycles. The summed E-state index contributed by atoms with van der Waals surface area (Å²) in [7, 11) is 0. The molecular weight excluding hydrogens is 411 g/mol. The van der Waals surface area contributed by atoms with Crippen LogP contribution in [0.25, 0.3) is 0 Å². The molecule has 2 radical (unpaired) electrons. The number of ether oxygens (including phenoxy) is 2. The van der Waals surface area contributed by atoms with Gasteiger partial charge in [0.15, 0.2) is 0 Å². The predicted octanol–water partition coefficient (Wildman–Crippen LogP) is 4.79. The SMILES string of the molecule is CCCCCCCCOC(=O)OCCCCCCCC.[Ca+2].[H-].[H-].[SnH2]. The van der Waals surface area contributed by atoms with Crippen molar-refractivity contribution in [3.63, 3.8) is 0 Å². The van der Waals surface area contributed by atoms with Crippen LogP contribution in [0.2, 0.25) is 0 Å². The van der Waals surface area contributed by atoms with Crippen molar-refractivity contribution in [1.29, 1.82) is 0 Å². The van der Waals surface area contributed by atoms with Gasteiger partial charge in [-0.25, -0.2) is 4.79 Å². The van der Waals surface area contributed by atoms with Crippen molar-refractivity contribution in [2.24, 2.45) is 0 Å². The summed E-state index contributed by atoms with van der Waals surface area (Å²) in [6, 6.07) is 0. The van der Waals surface area contributed by atoms with Gasteiger partial charge < -0.3 is 12.3 Å². The number of rotatable bonds is 14. The van der Waals surface area contributed by atoms with E-state index in [-0.39, 0.29) is 64.5 Å². The van der Waals surface area contributed by atoms with Gasteiger partial charge in [0.25, 0.3) is 0 Å². The van der Waals surface area contributed by atoms with Crippen LogP contribution < -0.4 is 0 Å². The van der Waals surface area contributed by atoms with Gasteiger partial charge in [-0.15, -0.1) is 0 Å². The number of hydrogen-bond donors (Lipinski definition) is 0. The molecule has 0 aromatic rings. The number of carbonyl (C=O) groups is 1. The van der Waals surface area contributed by atoms with Crippen LogP contribution >= 0.6 is 0 Å². The van der Waals surface area contributed by atoms with E-state index in [0.29, 0.717) is 13.2 Å². The molecule has 0 saturated carbocycles. The number of carbonyl (C=O) groups excluding carboxylic acids is 1. The third kappa shape index (κ3) is 23.6. The van der Waals surface area contributed by atoms with E-state index in [9.17, 15) is 4.79 Å². The first-order chi connectivity index (χ1) is 9.81. The van der Waals surface area contributed by atoms with Gasteiger partial charge in [-0.1, -0.05) is 78.1 Å². The van der Waals surface area contributed by atoms with E-state index in [0.717, 1.165) is 25.7 Å². The molecule has 0 aliphatic rings. The van der Waals surface area contributed by atoms with Crippen LogP contribution in [0.4, 0.5) is 4.79 Å². The Morgan fingerprint density at radius 1 is 0.682 bits per heavy atom. The van der Waals surface area contributed by atoms with Crippen molar-refractivity contribution >= 4 is 67.8 Å². The molecule has 0 rings (SSSR count). The average molecular weight is 449 g/mol. The molecule has 0 aliphatic carbocycles. The van der Waals surface area contributed by atoms with Gasteiger partial charge in [-0.05, 0) is 12.8 Å². The summed E-state index contributed by atoms with van der Waals surface area (Å²) in [4.78, 5) is 11.3. The molecule has 0 fully saturated rings. The summed E-state index contributed by atoms with van der Waals surface area (Å²) in [5.74, 6) is 0. The van der Waals surface area contributed by atoms with Crippen molar-refractivity contribution in [1.82, 2.24) is 0 Å². The molecule has 0 aromatic carbocycles. The molecule has 0 N–H and O–H groups in total. The summed E-state index contributed by atoms with van der Waals surface area (Å²) in [6.07, 6.45) is 13.9. The Labute approximate surface area is 187 Å². The predicted molar refractivity (Wildman–Crippen MR) is 101 cm³/mol. The maximum atomic E-state index is 11.3. The number of hydrogen-bond acceptors (Lipinski definition) is 3. The van der Waals surface area contributed by atoms with Gasteiger partial charge in [0, 0.05) is 0 Å². The van der Waals surface area contributed by atoms with Crippen LogP contribution in [0.5, 0.6) is 0 Å². The molecule has 0 bridgehead atoms. The molecule has 0 aliphatic heterocycles. The first-order valence-electron chi connectivity index (χ1n) is 8.60. The normalized spacial score (nSPS) is 9.55. The standard InChI is InChI=1S/C17H34O3.Ca.Sn.4H/c1-3-5-7-9-11-13-15-19-17(18)20-16-14-12-10-8-6-4-2;;;;;;/h3-16H2,1-2H3;;;;;;/q;+2;;;;2*-1. The Hall–Kier alpha value is 1.33. The Morgan fingerprint density at radius 2 is 1.00 bits per heavy atom. The molecule has 0 amide bonds. The molecular formula is C17H38CaO3Sn. The zero-order valence-electron chi connectivity index (χ0n) is 17.0. The first kappa shape index (κ1) is 28.1. The summed E-state index contributed by atoms with van der Waals surface area (Å²) >= 11 is 0. The van der Waals surface area contributed by atoms with Crippen LogP contribution in [0.15, 0.2) is 0 Å². The Balaban J connectivity index is -0.000000301. The van der Waals surface area contributed by atoms with E-state index in [1.807, 2.05) is 0 Å². The van der Waals surface area contributed by atoms with Crippen LogP contribution in [0.3, 0.4) is 0 Å². The minimum absolute atomic E-state index is 0. The van der Waals surface area contributed by atoms with E-state index in [2.05, 4.69) is 13.8 Å². The Morgan fingerprint density at radius 3 is 1.36 bits per heavy atom. The van der Waals surface area contributed by atoms with E-state index >= 15 is 0 Å². The second-order valence-corrected chi connectivity index (χ2v) is 5.48. The Bertz CT molecular complexity index is 206. The third-order valence-corrected chi connectivity index (χ3v) is 3.44. The van der Waals surface area contributed by atoms with E-state index < -0.39 is 6.16 Å². The fourth-order valence-electron chi connectivity index (χ4n) is 2.12. The van der Waals surface area contributed by atoms with E-state index in [1.54, 1.807) is 0 Å². The van der Waals surface area contributed by atoms with Gasteiger partial charge in [-0.3, -0.25) is 0 Å². The third-order valence-electron chi connectivity index (χ3n) is 3.44. The van der Waals surface area contributed by atoms with Gasteiger partial charge in [-0.2, -0.15) is 0 Å². The Kier molecular flexibility index (Phi) is 31.4. The minimum atomic E-state index is -0.493. The van der Waals surface area contributed by atoms with E-state index in [4.69, 9.17) is 9.47 Å². The van der Waals surface area contributed by atoms with Crippen LogP contribution in [0, 0.1) is 0 Å². The fourth-order valence-corrected chi connectivity index (χ4v) is 2.12. The fraction of sp³-hybridized carbons (Fsp3) is 0.941. The summed E-state index contributed by atoms with van der Waals surface area (Å²) < 4.78 is 10.1. The molecule has 130 valence electrons. The van der Waals surface area contributed by atoms with Crippen LogP contribution in [-0.4, -0.2) is 81.0 Å². The maximum absolute atomic E-state index is 11.3. The number of unbranched alkanes of at least 4 members (excludes halogenated alkanes) is 10. The molecule has 3 nitrogen and oxygen atoms in total. The molecule has 22 heavy (non-hydrogen) atoms. The molecule has 0 saturated heterocycles. The summed E-state index contributed by atoms with van der Waals surface area (Å²) in [5, 5.41) is 0. The molecule has 0 heterocycles. The molecule has 5 heteroatoms. The zero-order valence-corrected chi connectivity index (χ0v) is 21.3. The van der Waals surface area contributed by atoms with E-state index in [1.165, 1.54) is 51.4 Å². The molecule has 0 unspecified atom stereocenters. The topological polar surface area (TPSA) is 35.5 Å². The second-order valence-electron chi connectivity index (χ2n) is 5.48. The van der Waals surface area contributed by atoms with Gasteiger partial charge >= 0.3 is 67.8 Å². The second kappa shape index (κ2) is 24.6. The van der Waals surface area contributed by atoms with Gasteiger partial charge in [0.2, 0.25) is 0 Å². The first-order valence-corrected chi connectivity index (χ1v) is 8.60. The monoisotopic (exact) mass is 450 g/mol. The molecule has 0 atom stereocenters. The summed E-state index contributed by atoms with van der Waals surface area (Å²) in [6.45, 7) is 5.43. The quantitative estimate of drug-likeness (QED) is 0.217. The van der Waals surface area contributed by atoms with Crippen LogP contribution in [-0.2, 0) is 9.47 Å². The van der Waals surface area contributed by atoms with Crippen LogP contribution in [0.1, 0.15) is 93.8 Å². The van der Waals surface area contributed by atoms with Crippen molar-refractivity contribution < 1.29 is 17.1 Å². The van der Waals surface area contributed by atoms with Crippen molar-refractivity contribution in [2.45, 2.75) is 90.9 Å². The van der Waals surface area contributed by atoms with Crippen molar-refractivity contribution in [3.05, 3.63) is 0 Å². The molecule has 0 spiro atoms. The van der Waals surface area contributed by atoms with Gasteiger partial charge in [0.1, 0.15) is 0 Å².